The van der Waals surface area contributed by atoms with Crippen LogP contribution in [-0.2, 0) is 4.79 Å². The van der Waals surface area contributed by atoms with Gasteiger partial charge in [-0.3, -0.25) is 9.59 Å². The lowest BCUT2D eigenvalue weighted by molar-refractivity contribution is -0.119. The average Bonchev–Trinajstić information content (AvgIpc) is 2.37. The molecular formula is C14H16ClNO2. The zero-order valence-electron chi connectivity index (χ0n) is 10.6. The van der Waals surface area contributed by atoms with E-state index < -0.39 is 4.87 Å². The van der Waals surface area contributed by atoms with Crippen LogP contribution in [0.3, 0.4) is 0 Å². The first-order valence-electron chi connectivity index (χ1n) is 6.15. The van der Waals surface area contributed by atoms with Gasteiger partial charge in [0, 0.05) is 12.1 Å². The standard InChI is InChI=1S/C14H16ClNO2/c1-3-4-9-16-11-8-6-5-7-10(11)12(17)14(2,15)13(16)18/h5-8H,3-4,9H2,1-2H3. The fourth-order valence-electron chi connectivity index (χ4n) is 2.15. The van der Waals surface area contributed by atoms with Crippen molar-refractivity contribution >= 4 is 29.0 Å². The molecule has 0 N–H and O–H groups in total. The molecule has 1 aromatic rings. The van der Waals surface area contributed by atoms with E-state index in [0.29, 0.717) is 17.8 Å². The van der Waals surface area contributed by atoms with Gasteiger partial charge in [-0.1, -0.05) is 37.1 Å². The minimum Gasteiger partial charge on any atom is -0.310 e. The monoisotopic (exact) mass is 265 g/mol. The number of carbonyl (C=O) groups is 2. The molecule has 2 rings (SSSR count). The van der Waals surface area contributed by atoms with E-state index in [1.165, 1.54) is 6.92 Å². The summed E-state index contributed by atoms with van der Waals surface area (Å²) in [6.07, 6.45) is 1.88. The number of anilines is 1. The predicted octanol–water partition coefficient (Wildman–Crippen LogP) is 3.01. The minimum absolute atomic E-state index is 0.308. The number of Topliss-reactive ketones (excluding diaryl/α,β-unsaturated/α-hetero) is 1. The van der Waals surface area contributed by atoms with Gasteiger partial charge in [0.15, 0.2) is 10.7 Å². The van der Waals surface area contributed by atoms with Crippen molar-refractivity contribution in [1.29, 1.82) is 0 Å². The van der Waals surface area contributed by atoms with Crippen LogP contribution in [0.2, 0.25) is 0 Å². The summed E-state index contributed by atoms with van der Waals surface area (Å²) in [5.41, 5.74) is 1.21. The number of halogens is 1. The van der Waals surface area contributed by atoms with Gasteiger partial charge in [0.1, 0.15) is 0 Å². The van der Waals surface area contributed by atoms with Crippen molar-refractivity contribution in [1.82, 2.24) is 0 Å². The van der Waals surface area contributed by atoms with Crippen LogP contribution in [-0.4, -0.2) is 23.1 Å². The van der Waals surface area contributed by atoms with E-state index in [1.54, 1.807) is 23.1 Å². The molecule has 3 nitrogen and oxygen atoms in total. The van der Waals surface area contributed by atoms with Crippen LogP contribution < -0.4 is 4.90 Å². The molecule has 1 amide bonds. The normalized spacial score (nSPS) is 23.2. The van der Waals surface area contributed by atoms with Crippen LogP contribution in [0, 0.1) is 0 Å². The van der Waals surface area contributed by atoms with Crippen molar-refractivity contribution < 1.29 is 9.59 Å². The highest BCUT2D eigenvalue weighted by molar-refractivity contribution is 6.52. The number of carbonyl (C=O) groups excluding carboxylic acids is 2. The predicted molar refractivity (Wildman–Crippen MR) is 72.3 cm³/mol. The molecule has 0 fully saturated rings. The number of fused-ring (bicyclic) bond motifs is 1. The number of benzene rings is 1. The average molecular weight is 266 g/mol. The third-order valence-electron chi connectivity index (χ3n) is 3.25. The largest absolute Gasteiger partial charge is 0.310 e. The second-order valence-corrected chi connectivity index (χ2v) is 5.42. The topological polar surface area (TPSA) is 37.4 Å². The molecule has 0 bridgehead atoms. The van der Waals surface area contributed by atoms with E-state index in [9.17, 15) is 9.59 Å². The van der Waals surface area contributed by atoms with Crippen molar-refractivity contribution in [2.45, 2.75) is 31.6 Å². The van der Waals surface area contributed by atoms with E-state index >= 15 is 0 Å². The highest BCUT2D eigenvalue weighted by Gasteiger charge is 2.47. The van der Waals surface area contributed by atoms with Gasteiger partial charge >= 0.3 is 0 Å². The zero-order valence-corrected chi connectivity index (χ0v) is 11.3. The zero-order chi connectivity index (χ0) is 13.3. The molecule has 1 aliphatic heterocycles. The summed E-state index contributed by atoms with van der Waals surface area (Å²) >= 11 is 6.13. The van der Waals surface area contributed by atoms with Crippen molar-refractivity contribution in [3.05, 3.63) is 29.8 Å². The summed E-state index contributed by atoms with van der Waals surface area (Å²) in [6, 6.07) is 7.14. The van der Waals surface area contributed by atoms with Gasteiger partial charge in [0.05, 0.1) is 5.69 Å². The molecule has 0 aliphatic carbocycles. The number of alkyl halides is 1. The molecule has 1 aliphatic rings. The second kappa shape index (κ2) is 4.73. The summed E-state index contributed by atoms with van der Waals surface area (Å²) < 4.78 is 0. The second-order valence-electron chi connectivity index (χ2n) is 4.66. The smallest absolute Gasteiger partial charge is 0.255 e. The number of hydrogen-bond donors (Lipinski definition) is 0. The molecular weight excluding hydrogens is 250 g/mol. The Labute approximate surface area is 112 Å². The molecule has 1 unspecified atom stereocenters. The number of rotatable bonds is 3. The number of amides is 1. The van der Waals surface area contributed by atoms with Crippen LogP contribution in [0.4, 0.5) is 5.69 Å². The Hall–Kier alpha value is -1.35. The number of unbranched alkanes of at least 4 members (excludes halogenated alkanes) is 1. The summed E-state index contributed by atoms with van der Waals surface area (Å²) in [4.78, 5) is 24.6. The van der Waals surface area contributed by atoms with E-state index in [1.807, 2.05) is 6.07 Å². The summed E-state index contributed by atoms with van der Waals surface area (Å²) in [5, 5.41) is 0. The minimum atomic E-state index is -1.47. The molecule has 1 heterocycles. The third-order valence-corrected chi connectivity index (χ3v) is 3.58. The maximum atomic E-state index is 12.3. The quantitative estimate of drug-likeness (QED) is 0.622. The molecule has 0 aromatic heterocycles. The number of hydrogen-bond acceptors (Lipinski definition) is 2. The molecule has 96 valence electrons. The molecule has 0 spiro atoms. The van der Waals surface area contributed by atoms with E-state index in [-0.39, 0.29) is 11.7 Å². The summed E-state index contributed by atoms with van der Waals surface area (Å²) in [5.74, 6) is -0.626. The Morgan fingerprint density at radius 3 is 2.61 bits per heavy atom. The lowest BCUT2D eigenvalue weighted by atomic mass is 9.90. The third kappa shape index (κ3) is 1.93. The molecule has 4 heteroatoms. The first-order chi connectivity index (χ1) is 8.50. The molecule has 0 saturated carbocycles. The van der Waals surface area contributed by atoms with Crippen molar-refractivity contribution in [3.8, 4) is 0 Å². The van der Waals surface area contributed by atoms with Gasteiger partial charge in [-0.15, -0.1) is 0 Å². The van der Waals surface area contributed by atoms with Crippen LogP contribution in [0.1, 0.15) is 37.0 Å². The number of para-hydroxylation sites is 1. The first-order valence-corrected chi connectivity index (χ1v) is 6.52. The van der Waals surface area contributed by atoms with Crippen LogP contribution >= 0.6 is 11.6 Å². The summed E-state index contributed by atoms with van der Waals surface area (Å²) in [6.45, 7) is 4.14. The van der Waals surface area contributed by atoms with Crippen LogP contribution in [0.25, 0.3) is 0 Å². The Balaban J connectivity index is 2.50. The maximum Gasteiger partial charge on any atom is 0.255 e. The van der Waals surface area contributed by atoms with E-state index in [4.69, 9.17) is 11.6 Å². The Morgan fingerprint density at radius 2 is 1.94 bits per heavy atom. The number of nitrogens with zero attached hydrogens (tertiary/aromatic N) is 1. The Kier molecular flexibility index (Phi) is 3.44. The van der Waals surface area contributed by atoms with Crippen molar-refractivity contribution in [2.75, 3.05) is 11.4 Å². The van der Waals surface area contributed by atoms with Crippen LogP contribution in [0.15, 0.2) is 24.3 Å². The van der Waals surface area contributed by atoms with Gasteiger partial charge in [-0.05, 0) is 25.5 Å². The molecule has 1 atom stereocenters. The van der Waals surface area contributed by atoms with E-state index in [0.717, 1.165) is 12.8 Å². The molecule has 1 aromatic carbocycles. The number of ketones is 1. The van der Waals surface area contributed by atoms with Crippen molar-refractivity contribution in [2.24, 2.45) is 0 Å². The lowest BCUT2D eigenvalue weighted by Crippen LogP contribution is -2.53. The van der Waals surface area contributed by atoms with Crippen LogP contribution in [0.5, 0.6) is 0 Å². The highest BCUT2D eigenvalue weighted by atomic mass is 35.5. The van der Waals surface area contributed by atoms with Gasteiger partial charge < -0.3 is 4.90 Å². The molecule has 0 saturated heterocycles. The van der Waals surface area contributed by atoms with Crippen molar-refractivity contribution in [3.63, 3.8) is 0 Å². The van der Waals surface area contributed by atoms with Gasteiger partial charge in [-0.2, -0.15) is 0 Å². The first kappa shape index (κ1) is 13.1. The van der Waals surface area contributed by atoms with Gasteiger partial charge in [-0.25, -0.2) is 0 Å². The molecule has 0 radical (unpaired) electrons. The van der Waals surface area contributed by atoms with E-state index in [2.05, 4.69) is 6.92 Å². The Bertz CT molecular complexity index is 496. The maximum absolute atomic E-state index is 12.3. The fraction of sp³-hybridized carbons (Fsp3) is 0.429. The van der Waals surface area contributed by atoms with Gasteiger partial charge in [0.25, 0.3) is 5.91 Å². The Morgan fingerprint density at radius 1 is 1.28 bits per heavy atom. The highest BCUT2D eigenvalue weighted by Crippen LogP contribution is 2.36. The van der Waals surface area contributed by atoms with Gasteiger partial charge in [0.2, 0.25) is 0 Å². The SMILES string of the molecule is CCCCN1C(=O)C(C)(Cl)C(=O)c2ccccc21. The fourth-order valence-corrected chi connectivity index (χ4v) is 2.36. The lowest BCUT2D eigenvalue weighted by Gasteiger charge is -2.35. The summed E-state index contributed by atoms with van der Waals surface area (Å²) in [7, 11) is 0. The molecule has 18 heavy (non-hydrogen) atoms.